The Morgan fingerprint density at radius 1 is 1.20 bits per heavy atom. The molecule has 6 heteroatoms. The minimum atomic E-state index is -4.64. The molecule has 15 heavy (non-hydrogen) atoms. The van der Waals surface area contributed by atoms with Crippen LogP contribution in [0.25, 0.3) is 0 Å². The van der Waals surface area contributed by atoms with Crippen molar-refractivity contribution in [2.75, 3.05) is 12.5 Å². The molecule has 1 rings (SSSR count). The summed E-state index contributed by atoms with van der Waals surface area (Å²) >= 11 is 4.23. The fraction of sp³-hybridized carbons (Fsp3) is 0.333. The summed E-state index contributed by atoms with van der Waals surface area (Å²) < 4.78 is 49.8. The van der Waals surface area contributed by atoms with Gasteiger partial charge in [-0.2, -0.15) is 22.2 Å². The van der Waals surface area contributed by atoms with E-state index in [-0.39, 0.29) is 0 Å². The van der Waals surface area contributed by atoms with Gasteiger partial charge in [-0.3, -0.25) is 0 Å². The zero-order valence-electron chi connectivity index (χ0n) is 8.10. The van der Waals surface area contributed by atoms with Crippen molar-refractivity contribution in [3.05, 3.63) is 29.6 Å². The maximum absolute atomic E-state index is 13.1. The van der Waals surface area contributed by atoms with E-state index in [1.165, 1.54) is 6.07 Å². The highest BCUT2D eigenvalue weighted by Crippen LogP contribution is 2.53. The van der Waals surface area contributed by atoms with Gasteiger partial charge < -0.3 is 0 Å². The van der Waals surface area contributed by atoms with Gasteiger partial charge in [0.15, 0.2) is 0 Å². The monoisotopic (exact) mass is 258 g/mol. The molecule has 86 valence electrons. The van der Waals surface area contributed by atoms with Gasteiger partial charge in [0.05, 0.1) is 5.56 Å². The van der Waals surface area contributed by atoms with Crippen molar-refractivity contribution < 1.29 is 17.6 Å². The van der Waals surface area contributed by atoms with E-state index in [9.17, 15) is 17.6 Å². The standard InChI is InChI=1S/C9H10F4S2/c1-15(2,14)6-3-4-7(8(10)5-6)9(11,12)13/h3-5,14H,1-2H3. The first kappa shape index (κ1) is 12.7. The van der Waals surface area contributed by atoms with Gasteiger partial charge in [-0.25, -0.2) is 4.39 Å². The lowest BCUT2D eigenvalue weighted by Gasteiger charge is -2.24. The lowest BCUT2D eigenvalue weighted by molar-refractivity contribution is -0.140. The van der Waals surface area contributed by atoms with Crippen LogP contribution in [-0.2, 0) is 6.18 Å². The minimum Gasteiger partial charge on any atom is -0.206 e. The smallest absolute Gasteiger partial charge is 0.206 e. The average molecular weight is 258 g/mol. The van der Waals surface area contributed by atoms with E-state index >= 15 is 0 Å². The Morgan fingerprint density at radius 2 is 1.73 bits per heavy atom. The molecule has 0 atom stereocenters. The zero-order valence-corrected chi connectivity index (χ0v) is 9.81. The molecule has 0 spiro atoms. The second-order valence-corrected chi connectivity index (χ2v) is 9.17. The molecule has 0 bridgehead atoms. The molecule has 0 radical (unpaired) electrons. The number of benzene rings is 1. The molecule has 0 fully saturated rings. The second-order valence-electron chi connectivity index (χ2n) is 3.41. The number of rotatable bonds is 1. The van der Waals surface area contributed by atoms with Gasteiger partial charge in [-0.05, 0) is 30.7 Å². The van der Waals surface area contributed by atoms with Crippen LogP contribution in [0.1, 0.15) is 5.56 Å². The molecule has 0 unspecified atom stereocenters. The lowest BCUT2D eigenvalue weighted by atomic mass is 10.2. The van der Waals surface area contributed by atoms with Crippen molar-refractivity contribution in [3.63, 3.8) is 0 Å². The Balaban J connectivity index is 3.21. The minimum absolute atomic E-state index is 0.497. The normalized spacial score (nSPS) is 14.1. The van der Waals surface area contributed by atoms with Crippen LogP contribution in [0.2, 0.25) is 0 Å². The molecule has 0 aromatic heterocycles. The Hall–Kier alpha value is -0.360. The highest BCUT2D eigenvalue weighted by atomic mass is 33.1. The fourth-order valence-corrected chi connectivity index (χ4v) is 2.17. The van der Waals surface area contributed by atoms with Crippen LogP contribution >= 0.6 is 20.7 Å². The van der Waals surface area contributed by atoms with Crippen LogP contribution in [-0.4, -0.2) is 12.5 Å². The van der Waals surface area contributed by atoms with Crippen LogP contribution < -0.4 is 0 Å². The Labute approximate surface area is 91.8 Å². The average Bonchev–Trinajstić information content (AvgIpc) is 1.99. The van der Waals surface area contributed by atoms with Crippen LogP contribution in [0.5, 0.6) is 0 Å². The number of hydrogen-bond donors (Lipinski definition) is 1. The van der Waals surface area contributed by atoms with Crippen LogP contribution in [0.4, 0.5) is 17.6 Å². The molecule has 0 heterocycles. The molecule has 1 aromatic carbocycles. The Morgan fingerprint density at radius 3 is 2.07 bits per heavy atom. The molecule has 0 nitrogen and oxygen atoms in total. The summed E-state index contributed by atoms with van der Waals surface area (Å²) in [6.07, 6.45) is -1.12. The summed E-state index contributed by atoms with van der Waals surface area (Å²) in [4.78, 5) is 0.497. The third-order valence-electron chi connectivity index (χ3n) is 1.82. The third-order valence-corrected chi connectivity index (χ3v) is 3.86. The van der Waals surface area contributed by atoms with Gasteiger partial charge in [0.1, 0.15) is 5.82 Å². The first-order valence-electron chi connectivity index (χ1n) is 3.95. The summed E-state index contributed by atoms with van der Waals surface area (Å²) in [6, 6.07) is 2.94. The fourth-order valence-electron chi connectivity index (χ4n) is 1.04. The van der Waals surface area contributed by atoms with Crippen molar-refractivity contribution >= 4 is 20.7 Å². The van der Waals surface area contributed by atoms with Crippen LogP contribution in [0, 0.1) is 5.82 Å². The summed E-state index contributed by atoms with van der Waals surface area (Å²) in [5.74, 6) is -1.24. The number of alkyl halides is 3. The van der Waals surface area contributed by atoms with E-state index in [1.807, 2.05) is 0 Å². The van der Waals surface area contributed by atoms with E-state index in [0.717, 1.165) is 12.1 Å². The summed E-state index contributed by atoms with van der Waals surface area (Å²) in [7, 11) is -1.50. The number of halogens is 4. The predicted octanol–water partition coefficient (Wildman–Crippen LogP) is 4.11. The molecule has 0 amide bonds. The lowest BCUT2D eigenvalue weighted by Crippen LogP contribution is -2.08. The Kier molecular flexibility index (Phi) is 3.30. The molecule has 1 aromatic rings. The topological polar surface area (TPSA) is 0 Å². The molecule has 0 aliphatic rings. The van der Waals surface area contributed by atoms with Crippen molar-refractivity contribution in [2.24, 2.45) is 0 Å². The van der Waals surface area contributed by atoms with Gasteiger partial charge in [0, 0.05) is 4.90 Å². The van der Waals surface area contributed by atoms with Crippen LogP contribution in [0.3, 0.4) is 0 Å². The van der Waals surface area contributed by atoms with Crippen molar-refractivity contribution in [3.8, 4) is 0 Å². The summed E-state index contributed by atoms with van der Waals surface area (Å²) in [6.45, 7) is 0. The molecule has 0 aliphatic carbocycles. The number of thiol groups is 1. The first-order valence-corrected chi connectivity index (χ1v) is 7.45. The van der Waals surface area contributed by atoms with E-state index in [2.05, 4.69) is 11.7 Å². The maximum Gasteiger partial charge on any atom is 0.419 e. The summed E-state index contributed by atoms with van der Waals surface area (Å²) in [5.41, 5.74) is -1.23. The second kappa shape index (κ2) is 3.90. The molecule has 0 saturated heterocycles. The van der Waals surface area contributed by atoms with Gasteiger partial charge in [0.2, 0.25) is 0 Å². The van der Waals surface area contributed by atoms with Crippen LogP contribution in [0.15, 0.2) is 23.1 Å². The quantitative estimate of drug-likeness (QED) is 0.437. The van der Waals surface area contributed by atoms with Gasteiger partial charge in [-0.1, -0.05) is 0 Å². The van der Waals surface area contributed by atoms with E-state index in [0.29, 0.717) is 4.90 Å². The Bertz CT molecular complexity index is 365. The number of hydrogen-bond acceptors (Lipinski definition) is 1. The predicted molar refractivity (Wildman–Crippen MR) is 58.1 cm³/mol. The van der Waals surface area contributed by atoms with E-state index in [4.69, 9.17) is 0 Å². The molecule has 0 aliphatic heterocycles. The highest BCUT2D eigenvalue weighted by molar-refractivity contribution is 8.87. The first-order chi connectivity index (χ1) is 6.62. The maximum atomic E-state index is 13.1. The van der Waals surface area contributed by atoms with Crippen molar-refractivity contribution in [1.29, 1.82) is 0 Å². The largest absolute Gasteiger partial charge is 0.419 e. The SMILES string of the molecule is CS(C)(S)c1ccc(C(F)(F)F)c(F)c1. The zero-order chi connectivity index (χ0) is 11.9. The van der Waals surface area contributed by atoms with E-state index in [1.54, 1.807) is 12.5 Å². The van der Waals surface area contributed by atoms with Crippen molar-refractivity contribution in [1.82, 2.24) is 0 Å². The third kappa shape index (κ3) is 3.04. The van der Waals surface area contributed by atoms with Gasteiger partial charge in [0.25, 0.3) is 0 Å². The molecule has 0 N–H and O–H groups in total. The molecular weight excluding hydrogens is 248 g/mol. The van der Waals surface area contributed by atoms with Gasteiger partial charge >= 0.3 is 6.18 Å². The highest BCUT2D eigenvalue weighted by Gasteiger charge is 2.34. The van der Waals surface area contributed by atoms with E-state index < -0.39 is 26.6 Å². The molecule has 0 saturated carbocycles. The molecular formula is C9H10F4S2. The van der Waals surface area contributed by atoms with Gasteiger partial charge in [-0.15, -0.1) is 11.7 Å². The van der Waals surface area contributed by atoms with Crippen molar-refractivity contribution in [2.45, 2.75) is 11.1 Å². The summed E-state index contributed by atoms with van der Waals surface area (Å²) in [5, 5.41) is 0.